The van der Waals surface area contributed by atoms with Crippen LogP contribution in [0.5, 0.6) is 5.88 Å². The average molecular weight is 351 g/mol. The molecule has 0 amide bonds. The predicted octanol–water partition coefficient (Wildman–Crippen LogP) is 3.97. The lowest BCUT2D eigenvalue weighted by Gasteiger charge is -2.14. The number of aryl methyl sites for hydroxylation is 2. The summed E-state index contributed by atoms with van der Waals surface area (Å²) < 4.78 is 6.67. The molecular formula is C15H19BrN4O. The van der Waals surface area contributed by atoms with Crippen LogP contribution >= 0.6 is 15.9 Å². The first-order valence-electron chi connectivity index (χ1n) is 6.69. The first-order chi connectivity index (χ1) is 9.88. The van der Waals surface area contributed by atoms with E-state index in [0.29, 0.717) is 17.4 Å². The molecule has 6 heteroatoms. The van der Waals surface area contributed by atoms with E-state index in [9.17, 15) is 0 Å². The molecule has 0 aliphatic heterocycles. The summed E-state index contributed by atoms with van der Waals surface area (Å²) in [5.41, 5.74) is 9.68. The Bertz CT molecular complexity index is 635. The van der Waals surface area contributed by atoms with Crippen LogP contribution in [0, 0.1) is 13.8 Å². The van der Waals surface area contributed by atoms with Gasteiger partial charge in [-0.2, -0.15) is 4.98 Å². The van der Waals surface area contributed by atoms with E-state index >= 15 is 0 Å². The molecule has 2 aromatic rings. The van der Waals surface area contributed by atoms with Crippen LogP contribution in [0.25, 0.3) is 0 Å². The summed E-state index contributed by atoms with van der Waals surface area (Å²) in [6, 6.07) is 4.06. The second-order valence-electron chi connectivity index (χ2n) is 5.16. The molecule has 1 aromatic carbocycles. The number of rotatable bonds is 4. The predicted molar refractivity (Wildman–Crippen MR) is 89.1 cm³/mol. The summed E-state index contributed by atoms with van der Waals surface area (Å²) in [7, 11) is 0. The molecule has 1 aromatic heterocycles. The first-order valence-corrected chi connectivity index (χ1v) is 7.48. The second-order valence-corrected chi connectivity index (χ2v) is 5.95. The van der Waals surface area contributed by atoms with Gasteiger partial charge in [-0.25, -0.2) is 4.98 Å². The van der Waals surface area contributed by atoms with E-state index in [4.69, 9.17) is 10.5 Å². The summed E-state index contributed by atoms with van der Waals surface area (Å²) in [6.07, 6.45) is 1.45. The van der Waals surface area contributed by atoms with E-state index in [1.54, 1.807) is 0 Å². The summed E-state index contributed by atoms with van der Waals surface area (Å²) in [5, 5.41) is 3.22. The Balaban J connectivity index is 2.32. The van der Waals surface area contributed by atoms with Gasteiger partial charge in [-0.15, -0.1) is 0 Å². The molecule has 21 heavy (non-hydrogen) atoms. The number of nitrogens with one attached hydrogen (secondary N) is 1. The normalized spacial score (nSPS) is 10.8. The second kappa shape index (κ2) is 6.30. The zero-order chi connectivity index (χ0) is 15.6. The molecule has 3 N–H and O–H groups in total. The van der Waals surface area contributed by atoms with Gasteiger partial charge in [0.1, 0.15) is 12.0 Å². The van der Waals surface area contributed by atoms with Gasteiger partial charge < -0.3 is 15.8 Å². The van der Waals surface area contributed by atoms with Crippen molar-refractivity contribution in [3.63, 3.8) is 0 Å². The van der Waals surface area contributed by atoms with Gasteiger partial charge in [0.25, 0.3) is 0 Å². The summed E-state index contributed by atoms with van der Waals surface area (Å²) in [6.45, 7) is 7.93. The number of anilines is 3. The molecule has 0 atom stereocenters. The van der Waals surface area contributed by atoms with Gasteiger partial charge in [-0.1, -0.05) is 15.9 Å². The molecule has 112 valence electrons. The van der Waals surface area contributed by atoms with E-state index in [-0.39, 0.29) is 6.10 Å². The highest BCUT2D eigenvalue weighted by Crippen LogP contribution is 2.30. The van der Waals surface area contributed by atoms with Crippen LogP contribution in [-0.2, 0) is 0 Å². The SMILES string of the molecule is Cc1cc(Nc2ncnc(OC(C)C)c2N)cc(C)c1Br. The highest BCUT2D eigenvalue weighted by molar-refractivity contribution is 9.10. The highest BCUT2D eigenvalue weighted by Gasteiger charge is 2.11. The standard InChI is InChI=1S/C15H19BrN4O/c1-8(2)21-15-13(17)14(18-7-19-15)20-11-5-9(3)12(16)10(4)6-11/h5-8H,17H2,1-4H3,(H,18,19,20). The lowest BCUT2D eigenvalue weighted by atomic mass is 10.1. The Hall–Kier alpha value is -1.82. The molecule has 0 fully saturated rings. The lowest BCUT2D eigenvalue weighted by molar-refractivity contribution is 0.234. The topological polar surface area (TPSA) is 73.1 Å². The third-order valence-electron chi connectivity index (χ3n) is 2.89. The molecule has 5 nitrogen and oxygen atoms in total. The van der Waals surface area contributed by atoms with Gasteiger partial charge in [0.05, 0.1) is 6.10 Å². The number of benzene rings is 1. The number of hydrogen-bond donors (Lipinski definition) is 2. The molecule has 0 aliphatic carbocycles. The number of ether oxygens (including phenoxy) is 1. The maximum absolute atomic E-state index is 6.06. The molecule has 2 rings (SSSR count). The zero-order valence-corrected chi connectivity index (χ0v) is 14.2. The third-order valence-corrected chi connectivity index (χ3v) is 4.14. The Morgan fingerprint density at radius 2 is 1.81 bits per heavy atom. The number of nitrogens with zero attached hydrogens (tertiary/aromatic N) is 2. The Morgan fingerprint density at radius 1 is 1.19 bits per heavy atom. The third kappa shape index (κ3) is 3.64. The molecule has 0 spiro atoms. The minimum absolute atomic E-state index is 0.00668. The highest BCUT2D eigenvalue weighted by atomic mass is 79.9. The summed E-state index contributed by atoms with van der Waals surface area (Å²) in [5.74, 6) is 0.940. The van der Waals surface area contributed by atoms with Crippen molar-refractivity contribution < 1.29 is 4.74 Å². The van der Waals surface area contributed by atoms with Gasteiger partial charge >= 0.3 is 0 Å². The van der Waals surface area contributed by atoms with E-state index < -0.39 is 0 Å². The van der Waals surface area contributed by atoms with Crippen LogP contribution in [-0.4, -0.2) is 16.1 Å². The summed E-state index contributed by atoms with van der Waals surface area (Å²) in [4.78, 5) is 8.25. The van der Waals surface area contributed by atoms with Crippen LogP contribution < -0.4 is 15.8 Å². The van der Waals surface area contributed by atoms with Crippen molar-refractivity contribution in [1.82, 2.24) is 9.97 Å². The molecule has 0 unspecified atom stereocenters. The van der Waals surface area contributed by atoms with Crippen LogP contribution in [0.3, 0.4) is 0 Å². The van der Waals surface area contributed by atoms with Crippen molar-refractivity contribution >= 4 is 33.1 Å². The Labute approximate surface area is 133 Å². The van der Waals surface area contributed by atoms with E-state index in [1.165, 1.54) is 6.33 Å². The number of nitrogen functional groups attached to an aromatic ring is 1. The van der Waals surface area contributed by atoms with Crippen LogP contribution in [0.2, 0.25) is 0 Å². The fraction of sp³-hybridized carbons (Fsp3) is 0.333. The average Bonchev–Trinajstić information content (AvgIpc) is 2.40. The van der Waals surface area contributed by atoms with Crippen molar-refractivity contribution in [3.05, 3.63) is 34.1 Å². The molecule has 0 aliphatic rings. The minimum atomic E-state index is 0.00668. The van der Waals surface area contributed by atoms with E-state index in [0.717, 1.165) is 21.3 Å². The van der Waals surface area contributed by atoms with Crippen LogP contribution in [0.4, 0.5) is 17.2 Å². The van der Waals surface area contributed by atoms with Gasteiger partial charge in [-0.3, -0.25) is 0 Å². The van der Waals surface area contributed by atoms with Crippen LogP contribution in [0.15, 0.2) is 22.9 Å². The summed E-state index contributed by atoms with van der Waals surface area (Å²) >= 11 is 3.55. The zero-order valence-electron chi connectivity index (χ0n) is 12.6. The monoisotopic (exact) mass is 350 g/mol. The Morgan fingerprint density at radius 3 is 2.38 bits per heavy atom. The fourth-order valence-electron chi connectivity index (χ4n) is 1.95. The first kappa shape index (κ1) is 15.6. The molecule has 0 saturated heterocycles. The maximum atomic E-state index is 6.06. The van der Waals surface area contributed by atoms with Crippen molar-refractivity contribution in [3.8, 4) is 5.88 Å². The van der Waals surface area contributed by atoms with Gasteiger partial charge in [0.15, 0.2) is 5.82 Å². The maximum Gasteiger partial charge on any atom is 0.242 e. The van der Waals surface area contributed by atoms with E-state index in [2.05, 4.69) is 31.2 Å². The smallest absolute Gasteiger partial charge is 0.242 e. The van der Waals surface area contributed by atoms with Gasteiger partial charge in [-0.05, 0) is 51.0 Å². The van der Waals surface area contributed by atoms with Gasteiger partial charge in [0, 0.05) is 10.2 Å². The van der Waals surface area contributed by atoms with Gasteiger partial charge in [0.2, 0.25) is 5.88 Å². The van der Waals surface area contributed by atoms with E-state index in [1.807, 2.05) is 39.8 Å². The number of nitrogens with two attached hydrogens (primary N) is 1. The molecular weight excluding hydrogens is 332 g/mol. The minimum Gasteiger partial charge on any atom is -0.473 e. The quantitative estimate of drug-likeness (QED) is 0.872. The largest absolute Gasteiger partial charge is 0.473 e. The van der Waals surface area contributed by atoms with Crippen molar-refractivity contribution in [2.24, 2.45) is 0 Å². The number of aromatic nitrogens is 2. The molecule has 0 radical (unpaired) electrons. The molecule has 0 bridgehead atoms. The molecule has 0 saturated carbocycles. The fourth-order valence-corrected chi connectivity index (χ4v) is 2.18. The number of hydrogen-bond acceptors (Lipinski definition) is 5. The van der Waals surface area contributed by atoms with Crippen molar-refractivity contribution in [2.45, 2.75) is 33.8 Å². The van der Waals surface area contributed by atoms with Crippen molar-refractivity contribution in [1.29, 1.82) is 0 Å². The number of halogens is 1. The molecule has 1 heterocycles. The Kier molecular flexibility index (Phi) is 4.67. The lowest BCUT2D eigenvalue weighted by Crippen LogP contribution is -2.10. The van der Waals surface area contributed by atoms with Crippen LogP contribution in [0.1, 0.15) is 25.0 Å². The van der Waals surface area contributed by atoms with Crippen molar-refractivity contribution in [2.75, 3.05) is 11.1 Å².